The molecule has 1 unspecified atom stereocenters. The van der Waals surface area contributed by atoms with E-state index in [0.29, 0.717) is 11.8 Å². The molecule has 130 valence electrons. The van der Waals surface area contributed by atoms with Crippen molar-refractivity contribution >= 4 is 17.7 Å². The molecule has 1 atom stereocenters. The lowest BCUT2D eigenvalue weighted by molar-refractivity contribution is -0.116. The molecule has 1 aromatic carbocycles. The van der Waals surface area contributed by atoms with Crippen LogP contribution in [0.5, 0.6) is 0 Å². The van der Waals surface area contributed by atoms with E-state index in [1.54, 1.807) is 42.7 Å². The lowest BCUT2D eigenvalue weighted by Gasteiger charge is -2.24. The van der Waals surface area contributed by atoms with Gasteiger partial charge in [-0.2, -0.15) is 9.78 Å². The first-order chi connectivity index (χ1) is 12.5. The van der Waals surface area contributed by atoms with E-state index < -0.39 is 5.97 Å². The van der Waals surface area contributed by atoms with Crippen molar-refractivity contribution in [1.82, 2.24) is 19.7 Å². The monoisotopic (exact) mass is 349 g/mol. The maximum absolute atomic E-state index is 12.3. The van der Waals surface area contributed by atoms with Gasteiger partial charge < -0.3 is 10.4 Å². The summed E-state index contributed by atoms with van der Waals surface area (Å²) in [6.45, 7) is 1.87. The zero-order valence-electron chi connectivity index (χ0n) is 13.9. The molecule has 2 aromatic heterocycles. The second-order valence-electron chi connectivity index (χ2n) is 6.04. The van der Waals surface area contributed by atoms with Crippen LogP contribution in [0, 0.1) is 6.92 Å². The number of fused-ring (bicyclic) bond motifs is 1. The van der Waals surface area contributed by atoms with Gasteiger partial charge in [0.25, 0.3) is 5.95 Å². The van der Waals surface area contributed by atoms with Crippen molar-refractivity contribution in [3.05, 3.63) is 65.1 Å². The smallest absolute Gasteiger partial charge is 0.335 e. The summed E-state index contributed by atoms with van der Waals surface area (Å²) in [4.78, 5) is 31.7. The second kappa shape index (κ2) is 6.07. The van der Waals surface area contributed by atoms with Gasteiger partial charge in [0.1, 0.15) is 5.82 Å². The molecular weight excluding hydrogens is 334 g/mol. The van der Waals surface area contributed by atoms with Crippen molar-refractivity contribution in [3.8, 4) is 5.95 Å². The lowest BCUT2D eigenvalue weighted by atomic mass is 9.85. The van der Waals surface area contributed by atoms with E-state index in [9.17, 15) is 9.59 Å². The van der Waals surface area contributed by atoms with Crippen LogP contribution in [-0.2, 0) is 4.79 Å². The van der Waals surface area contributed by atoms with Crippen molar-refractivity contribution in [2.75, 3.05) is 5.32 Å². The van der Waals surface area contributed by atoms with Crippen LogP contribution in [0.15, 0.2) is 42.7 Å². The highest BCUT2D eigenvalue weighted by molar-refractivity contribution is 5.95. The molecule has 3 heterocycles. The number of benzene rings is 1. The molecule has 1 aliphatic rings. The zero-order valence-corrected chi connectivity index (χ0v) is 13.9. The Morgan fingerprint density at radius 2 is 1.92 bits per heavy atom. The summed E-state index contributed by atoms with van der Waals surface area (Å²) >= 11 is 0. The number of carbonyl (C=O) groups excluding carboxylic acids is 1. The fourth-order valence-electron chi connectivity index (χ4n) is 3.24. The maximum atomic E-state index is 12.3. The number of carboxylic acid groups (broad SMARTS) is 1. The van der Waals surface area contributed by atoms with E-state index >= 15 is 0 Å². The van der Waals surface area contributed by atoms with Gasteiger partial charge in [-0.25, -0.2) is 14.8 Å². The topological polar surface area (TPSA) is 110 Å². The van der Waals surface area contributed by atoms with Gasteiger partial charge in [0, 0.05) is 30.3 Å². The largest absolute Gasteiger partial charge is 0.478 e. The van der Waals surface area contributed by atoms with Crippen molar-refractivity contribution in [3.63, 3.8) is 0 Å². The highest BCUT2D eigenvalue weighted by Crippen LogP contribution is 2.39. The minimum Gasteiger partial charge on any atom is -0.478 e. The van der Waals surface area contributed by atoms with Crippen molar-refractivity contribution in [2.45, 2.75) is 19.3 Å². The van der Waals surface area contributed by atoms with Crippen LogP contribution in [0.4, 0.5) is 5.82 Å². The number of carbonyl (C=O) groups is 2. The Hall–Kier alpha value is -3.55. The van der Waals surface area contributed by atoms with Gasteiger partial charge in [0.15, 0.2) is 0 Å². The van der Waals surface area contributed by atoms with Gasteiger partial charge in [-0.3, -0.25) is 4.79 Å². The average Bonchev–Trinajstić information content (AvgIpc) is 2.98. The van der Waals surface area contributed by atoms with Gasteiger partial charge in [-0.05, 0) is 30.7 Å². The first kappa shape index (κ1) is 15.9. The fourth-order valence-corrected chi connectivity index (χ4v) is 3.24. The molecule has 0 saturated carbocycles. The number of anilines is 1. The summed E-state index contributed by atoms with van der Waals surface area (Å²) in [5.41, 5.74) is 2.72. The van der Waals surface area contributed by atoms with Crippen LogP contribution in [-0.4, -0.2) is 36.7 Å². The standard InChI is InChI=1S/C18H15N5O3/c1-10-15-13(11-3-5-12(6-4-11)17(25)26)9-14(24)21-16(15)23(22-10)18-19-7-2-8-20-18/h2-8,13H,9H2,1H3,(H,21,24)(H,25,26). The van der Waals surface area contributed by atoms with Crippen molar-refractivity contribution in [1.29, 1.82) is 0 Å². The third-order valence-electron chi connectivity index (χ3n) is 4.40. The van der Waals surface area contributed by atoms with E-state index in [4.69, 9.17) is 5.11 Å². The normalized spacial score (nSPS) is 16.0. The van der Waals surface area contributed by atoms with Crippen LogP contribution >= 0.6 is 0 Å². The molecule has 0 aliphatic carbocycles. The Labute approximate surface area is 148 Å². The van der Waals surface area contributed by atoms with Gasteiger partial charge >= 0.3 is 5.97 Å². The molecule has 0 radical (unpaired) electrons. The number of amides is 1. The number of aromatic nitrogens is 4. The zero-order chi connectivity index (χ0) is 18.3. The minimum absolute atomic E-state index is 0.137. The summed E-state index contributed by atoms with van der Waals surface area (Å²) in [7, 11) is 0. The molecule has 4 rings (SSSR count). The molecule has 8 nitrogen and oxygen atoms in total. The number of aryl methyl sites for hydroxylation is 1. The van der Waals surface area contributed by atoms with Crippen LogP contribution in [0.2, 0.25) is 0 Å². The quantitative estimate of drug-likeness (QED) is 0.750. The first-order valence-electron chi connectivity index (χ1n) is 8.04. The van der Waals surface area contributed by atoms with E-state index in [0.717, 1.165) is 16.8 Å². The van der Waals surface area contributed by atoms with Crippen LogP contribution < -0.4 is 5.32 Å². The molecule has 0 fully saturated rings. The Kier molecular flexibility index (Phi) is 3.72. The number of hydrogen-bond acceptors (Lipinski definition) is 5. The number of carboxylic acids is 1. The molecule has 8 heteroatoms. The number of hydrogen-bond donors (Lipinski definition) is 2. The first-order valence-corrected chi connectivity index (χ1v) is 8.04. The predicted octanol–water partition coefficient (Wildman–Crippen LogP) is 2.14. The number of nitrogens with zero attached hydrogens (tertiary/aromatic N) is 4. The van der Waals surface area contributed by atoms with E-state index in [1.807, 2.05) is 6.92 Å². The van der Waals surface area contributed by atoms with Crippen molar-refractivity contribution < 1.29 is 14.7 Å². The molecule has 0 bridgehead atoms. The molecule has 0 spiro atoms. The highest BCUT2D eigenvalue weighted by atomic mass is 16.4. The summed E-state index contributed by atoms with van der Waals surface area (Å²) in [6.07, 6.45) is 3.48. The van der Waals surface area contributed by atoms with Gasteiger partial charge in [-0.1, -0.05) is 12.1 Å². The Morgan fingerprint density at radius 1 is 1.23 bits per heavy atom. The average molecular weight is 349 g/mol. The molecule has 26 heavy (non-hydrogen) atoms. The lowest BCUT2D eigenvalue weighted by Crippen LogP contribution is -2.25. The number of rotatable bonds is 3. The maximum Gasteiger partial charge on any atom is 0.335 e. The summed E-state index contributed by atoms with van der Waals surface area (Å²) < 4.78 is 1.53. The third kappa shape index (κ3) is 2.61. The summed E-state index contributed by atoms with van der Waals surface area (Å²) in [6, 6.07) is 8.28. The molecule has 0 saturated heterocycles. The van der Waals surface area contributed by atoms with E-state index in [-0.39, 0.29) is 23.8 Å². The molecule has 2 N–H and O–H groups in total. The highest BCUT2D eigenvalue weighted by Gasteiger charge is 2.33. The number of aromatic carboxylic acids is 1. The Bertz CT molecular complexity index is 996. The summed E-state index contributed by atoms with van der Waals surface area (Å²) in [5, 5.41) is 16.4. The van der Waals surface area contributed by atoms with Crippen molar-refractivity contribution in [2.24, 2.45) is 0 Å². The third-order valence-corrected chi connectivity index (χ3v) is 4.40. The SMILES string of the molecule is Cc1nn(-c2ncccn2)c2c1C(c1ccc(C(=O)O)cc1)CC(=O)N2. The second-order valence-corrected chi connectivity index (χ2v) is 6.04. The van der Waals surface area contributed by atoms with Gasteiger partial charge in [0.2, 0.25) is 5.91 Å². The van der Waals surface area contributed by atoms with Crippen LogP contribution in [0.3, 0.4) is 0 Å². The molecule has 1 amide bonds. The summed E-state index contributed by atoms with van der Waals surface area (Å²) in [5.74, 6) is -0.402. The van der Waals surface area contributed by atoms with E-state index in [1.165, 1.54) is 4.68 Å². The predicted molar refractivity (Wildman–Crippen MR) is 92.4 cm³/mol. The molecule has 3 aromatic rings. The number of nitrogens with one attached hydrogen (secondary N) is 1. The van der Waals surface area contributed by atoms with Crippen LogP contribution in [0.1, 0.15) is 39.5 Å². The van der Waals surface area contributed by atoms with E-state index in [2.05, 4.69) is 20.4 Å². The Morgan fingerprint density at radius 3 is 2.58 bits per heavy atom. The van der Waals surface area contributed by atoms with Crippen LogP contribution in [0.25, 0.3) is 5.95 Å². The Balaban J connectivity index is 1.82. The minimum atomic E-state index is -0.983. The fraction of sp³-hybridized carbons (Fsp3) is 0.167. The molecule has 1 aliphatic heterocycles. The molecular formula is C18H15N5O3. The van der Waals surface area contributed by atoms with Gasteiger partial charge in [0.05, 0.1) is 11.3 Å². The van der Waals surface area contributed by atoms with Gasteiger partial charge in [-0.15, -0.1) is 0 Å².